The zero-order chi connectivity index (χ0) is 22.8. The van der Waals surface area contributed by atoms with Crippen LogP contribution in [0.3, 0.4) is 0 Å². The van der Waals surface area contributed by atoms with Crippen LogP contribution in [0, 0.1) is 12.8 Å². The molecular weight excluding hydrogens is 426 g/mol. The summed E-state index contributed by atoms with van der Waals surface area (Å²) in [6, 6.07) is 4.06. The first-order valence-electron chi connectivity index (χ1n) is 12.1. The van der Waals surface area contributed by atoms with Crippen molar-refractivity contribution in [3.63, 3.8) is 0 Å². The fourth-order valence-electron chi connectivity index (χ4n) is 5.80. The molecule has 3 fully saturated rings. The predicted molar refractivity (Wildman–Crippen MR) is 126 cm³/mol. The van der Waals surface area contributed by atoms with Gasteiger partial charge in [-0.15, -0.1) is 0 Å². The van der Waals surface area contributed by atoms with Gasteiger partial charge in [-0.1, -0.05) is 24.4 Å². The van der Waals surface area contributed by atoms with E-state index in [-0.39, 0.29) is 24.0 Å². The van der Waals surface area contributed by atoms with E-state index < -0.39 is 5.92 Å². The van der Waals surface area contributed by atoms with Gasteiger partial charge in [0.1, 0.15) is 0 Å². The molecule has 2 heterocycles. The predicted octanol–water partition coefficient (Wildman–Crippen LogP) is 3.62. The van der Waals surface area contributed by atoms with Crippen LogP contribution in [0.2, 0.25) is 5.02 Å². The Balaban J connectivity index is 1.47. The Labute approximate surface area is 196 Å². The van der Waals surface area contributed by atoms with E-state index in [1.165, 1.54) is 12.8 Å². The molecule has 0 spiro atoms. The second-order valence-electron chi connectivity index (χ2n) is 9.81. The molecule has 2 aliphatic heterocycles. The van der Waals surface area contributed by atoms with Crippen molar-refractivity contribution in [2.75, 3.05) is 26.2 Å². The first-order valence-corrected chi connectivity index (χ1v) is 12.5. The summed E-state index contributed by atoms with van der Waals surface area (Å²) in [4.78, 5) is 29.7. The number of primary amides is 1. The Kier molecular flexibility index (Phi) is 7.43. The third kappa shape index (κ3) is 4.97. The Hall–Kier alpha value is -1.63. The van der Waals surface area contributed by atoms with Gasteiger partial charge in [0.05, 0.1) is 12.0 Å². The van der Waals surface area contributed by atoms with Crippen molar-refractivity contribution in [2.45, 2.75) is 77.0 Å². The molecule has 32 heavy (non-hydrogen) atoms. The molecule has 0 aromatic heterocycles. The first kappa shape index (κ1) is 23.5. The van der Waals surface area contributed by atoms with Crippen LogP contribution in [-0.2, 0) is 20.9 Å². The van der Waals surface area contributed by atoms with Crippen LogP contribution < -0.4 is 5.73 Å². The summed E-state index contributed by atoms with van der Waals surface area (Å²) in [7, 11) is 0. The van der Waals surface area contributed by atoms with Crippen LogP contribution in [0.4, 0.5) is 0 Å². The molecule has 2 N–H and O–H groups in total. The summed E-state index contributed by atoms with van der Waals surface area (Å²) >= 11 is 6.50. The van der Waals surface area contributed by atoms with Gasteiger partial charge in [0.25, 0.3) is 0 Å². The van der Waals surface area contributed by atoms with Gasteiger partial charge in [-0.25, -0.2) is 0 Å². The average molecular weight is 462 g/mol. The Morgan fingerprint density at radius 1 is 1.19 bits per heavy atom. The van der Waals surface area contributed by atoms with Crippen molar-refractivity contribution in [3.05, 3.63) is 33.8 Å². The number of piperazine rings is 1. The zero-order valence-electron chi connectivity index (χ0n) is 19.3. The molecular formula is C25H36ClN3O3. The average Bonchev–Trinajstić information content (AvgIpc) is 3.45. The summed E-state index contributed by atoms with van der Waals surface area (Å²) in [5.74, 6) is -0.266. The molecule has 6 nitrogen and oxygen atoms in total. The minimum absolute atomic E-state index is 0.178. The Morgan fingerprint density at radius 2 is 1.94 bits per heavy atom. The van der Waals surface area contributed by atoms with Gasteiger partial charge in [-0.2, -0.15) is 0 Å². The van der Waals surface area contributed by atoms with Crippen molar-refractivity contribution in [2.24, 2.45) is 11.7 Å². The van der Waals surface area contributed by atoms with E-state index in [1.54, 1.807) is 0 Å². The second-order valence-corrected chi connectivity index (χ2v) is 10.2. The molecule has 1 aromatic carbocycles. The van der Waals surface area contributed by atoms with E-state index in [2.05, 4.69) is 23.6 Å². The van der Waals surface area contributed by atoms with Crippen molar-refractivity contribution in [1.29, 1.82) is 0 Å². The Morgan fingerprint density at radius 3 is 2.56 bits per heavy atom. The number of hydrogen-bond acceptors (Lipinski definition) is 4. The molecule has 1 aliphatic carbocycles. The largest absolute Gasteiger partial charge is 0.377 e. The lowest BCUT2D eigenvalue weighted by molar-refractivity contribution is -0.140. The number of nitrogens with two attached hydrogens (primary N) is 1. The molecule has 3 aliphatic rings. The summed E-state index contributed by atoms with van der Waals surface area (Å²) in [5.41, 5.74) is 8.86. The minimum Gasteiger partial charge on any atom is -0.377 e. The first-order chi connectivity index (χ1) is 15.3. The number of hydrogen-bond donors (Lipinski definition) is 1. The zero-order valence-corrected chi connectivity index (χ0v) is 20.1. The number of ether oxygens (including phenoxy) is 1. The highest BCUT2D eigenvalue weighted by Crippen LogP contribution is 2.35. The van der Waals surface area contributed by atoms with Gasteiger partial charge in [0.2, 0.25) is 11.8 Å². The van der Waals surface area contributed by atoms with Crippen LogP contribution in [-0.4, -0.2) is 60.0 Å². The van der Waals surface area contributed by atoms with Gasteiger partial charge < -0.3 is 15.4 Å². The second kappa shape index (κ2) is 10.1. The van der Waals surface area contributed by atoms with Gasteiger partial charge in [0.15, 0.2) is 0 Å². The maximum Gasteiger partial charge on any atom is 0.227 e. The molecule has 3 atom stereocenters. The molecule has 0 radical (unpaired) electrons. The van der Waals surface area contributed by atoms with E-state index in [0.717, 1.165) is 68.6 Å². The topological polar surface area (TPSA) is 75.9 Å². The summed E-state index contributed by atoms with van der Waals surface area (Å²) in [5, 5.41) is 0.618. The van der Waals surface area contributed by atoms with Crippen LogP contribution in [0.1, 0.15) is 68.1 Å². The fraction of sp³-hybridized carbons (Fsp3) is 0.680. The molecule has 2 unspecified atom stereocenters. The highest BCUT2D eigenvalue weighted by molar-refractivity contribution is 6.30. The van der Waals surface area contributed by atoms with Crippen molar-refractivity contribution in [1.82, 2.24) is 9.80 Å². The number of amides is 2. The van der Waals surface area contributed by atoms with Gasteiger partial charge in [-0.05, 0) is 68.4 Å². The van der Waals surface area contributed by atoms with Gasteiger partial charge >= 0.3 is 0 Å². The number of carbonyl (C=O) groups is 2. The molecule has 7 heteroatoms. The lowest BCUT2D eigenvalue weighted by Gasteiger charge is -2.41. The van der Waals surface area contributed by atoms with Crippen LogP contribution >= 0.6 is 11.6 Å². The SMILES string of the molecule is Cc1c(CN2CCN(C(=O)C3CCCC3)[C@@H](C)C2)cc(Cl)cc1C(C(N)=O)C1CCCO1. The number of halogens is 1. The van der Waals surface area contributed by atoms with Crippen LogP contribution in [0.15, 0.2) is 12.1 Å². The lowest BCUT2D eigenvalue weighted by Crippen LogP contribution is -2.54. The molecule has 2 amide bonds. The van der Waals surface area contributed by atoms with Crippen molar-refractivity contribution >= 4 is 23.4 Å². The van der Waals surface area contributed by atoms with Crippen LogP contribution in [0.25, 0.3) is 0 Å². The Bertz CT molecular complexity index is 849. The molecule has 0 bridgehead atoms. The highest BCUT2D eigenvalue weighted by Gasteiger charge is 2.35. The maximum atomic E-state index is 12.9. The maximum absolute atomic E-state index is 12.9. The molecule has 176 valence electrons. The smallest absolute Gasteiger partial charge is 0.227 e. The van der Waals surface area contributed by atoms with Gasteiger partial charge in [0, 0.05) is 49.8 Å². The highest BCUT2D eigenvalue weighted by atomic mass is 35.5. The molecule has 4 rings (SSSR count). The number of benzene rings is 1. The minimum atomic E-state index is -0.477. The van der Waals surface area contributed by atoms with E-state index in [0.29, 0.717) is 17.5 Å². The monoisotopic (exact) mass is 461 g/mol. The summed E-state index contributed by atoms with van der Waals surface area (Å²) in [6.07, 6.45) is 6.05. The normalized spacial score (nSPS) is 25.9. The van der Waals surface area contributed by atoms with E-state index in [9.17, 15) is 9.59 Å². The van der Waals surface area contributed by atoms with Crippen molar-refractivity contribution < 1.29 is 14.3 Å². The molecule has 1 aromatic rings. The molecule has 1 saturated carbocycles. The van der Waals surface area contributed by atoms with E-state index >= 15 is 0 Å². The van der Waals surface area contributed by atoms with Crippen LogP contribution in [0.5, 0.6) is 0 Å². The summed E-state index contributed by atoms with van der Waals surface area (Å²) in [6.45, 7) is 8.06. The van der Waals surface area contributed by atoms with Gasteiger partial charge in [-0.3, -0.25) is 14.5 Å². The third-order valence-corrected chi connectivity index (χ3v) is 7.81. The number of rotatable bonds is 6. The van der Waals surface area contributed by atoms with E-state index in [4.69, 9.17) is 22.1 Å². The standard InChI is InChI=1S/C25H36ClN3O3/c1-16-14-28(9-10-29(16)25(31)18-6-3-4-7-18)15-19-12-20(26)13-21(17(19)2)23(24(27)30)22-8-5-11-32-22/h12-13,16,18,22-23H,3-11,14-15H2,1-2H3,(H2,27,30)/t16-,22?,23?/m0/s1. The van der Waals surface area contributed by atoms with Crippen molar-refractivity contribution in [3.8, 4) is 0 Å². The third-order valence-electron chi connectivity index (χ3n) is 7.59. The van der Waals surface area contributed by atoms with E-state index in [1.807, 2.05) is 12.1 Å². The quantitative estimate of drug-likeness (QED) is 0.702. The lowest BCUT2D eigenvalue weighted by atomic mass is 9.86. The fourth-order valence-corrected chi connectivity index (χ4v) is 6.05. The summed E-state index contributed by atoms with van der Waals surface area (Å²) < 4.78 is 5.81. The number of carbonyl (C=O) groups excluding carboxylic acids is 2. The number of nitrogens with zero attached hydrogens (tertiary/aromatic N) is 2. The molecule has 2 saturated heterocycles.